The van der Waals surface area contributed by atoms with Crippen LogP contribution in [0.3, 0.4) is 0 Å². The minimum Gasteiger partial charge on any atom is -0.481 e. The molecule has 0 aromatic rings. The molecule has 0 spiro atoms. The van der Waals surface area contributed by atoms with Gasteiger partial charge in [0.05, 0.1) is 12.6 Å². The third kappa shape index (κ3) is 1.97. The molecule has 0 bridgehead atoms. The quantitative estimate of drug-likeness (QED) is 0.633. The Hall–Kier alpha value is -0.0500. The van der Waals surface area contributed by atoms with Crippen LogP contribution in [-0.4, -0.2) is 23.9 Å². The summed E-state index contributed by atoms with van der Waals surface area (Å²) in [5.74, 6) is 0.937. The molecule has 0 amide bonds. The molecular formula is C7H12BrNO. The van der Waals surface area contributed by atoms with Gasteiger partial charge in [-0.05, 0) is 13.3 Å². The SMILES string of the molecule is CCOC1=NC(CBr)CC1. The van der Waals surface area contributed by atoms with E-state index >= 15 is 0 Å². The molecule has 0 N–H and O–H groups in total. The molecule has 0 aromatic heterocycles. The van der Waals surface area contributed by atoms with Gasteiger partial charge in [0.2, 0.25) is 0 Å². The second-order valence-electron chi connectivity index (χ2n) is 2.30. The Labute approximate surface area is 69.8 Å². The Morgan fingerprint density at radius 1 is 1.80 bits per heavy atom. The Balaban J connectivity index is 2.33. The molecule has 1 unspecified atom stereocenters. The number of hydrogen-bond donors (Lipinski definition) is 0. The van der Waals surface area contributed by atoms with Crippen molar-refractivity contribution in [2.45, 2.75) is 25.8 Å². The monoisotopic (exact) mass is 205 g/mol. The lowest BCUT2D eigenvalue weighted by molar-refractivity contribution is 0.321. The van der Waals surface area contributed by atoms with Crippen molar-refractivity contribution in [2.24, 2.45) is 4.99 Å². The highest BCUT2D eigenvalue weighted by Crippen LogP contribution is 2.15. The summed E-state index contributed by atoms with van der Waals surface area (Å²) >= 11 is 3.39. The van der Waals surface area contributed by atoms with Crippen molar-refractivity contribution in [1.29, 1.82) is 0 Å². The molecule has 1 aliphatic rings. The molecule has 0 fully saturated rings. The summed E-state index contributed by atoms with van der Waals surface area (Å²) in [7, 11) is 0. The molecule has 0 aromatic carbocycles. The maximum Gasteiger partial charge on any atom is 0.183 e. The van der Waals surface area contributed by atoms with Crippen molar-refractivity contribution in [1.82, 2.24) is 0 Å². The van der Waals surface area contributed by atoms with Crippen molar-refractivity contribution in [3.63, 3.8) is 0 Å². The number of aliphatic imine (C=N–C) groups is 1. The Kier molecular flexibility index (Phi) is 3.19. The van der Waals surface area contributed by atoms with Crippen LogP contribution in [0.25, 0.3) is 0 Å². The van der Waals surface area contributed by atoms with Gasteiger partial charge < -0.3 is 4.74 Å². The zero-order valence-corrected chi connectivity index (χ0v) is 7.73. The second kappa shape index (κ2) is 3.96. The standard InChI is InChI=1S/C7H12BrNO/c1-2-10-7-4-3-6(5-8)9-7/h6H,2-5H2,1H3. The molecule has 1 rings (SSSR count). The van der Waals surface area contributed by atoms with Crippen molar-refractivity contribution in [2.75, 3.05) is 11.9 Å². The fourth-order valence-corrected chi connectivity index (χ4v) is 1.48. The van der Waals surface area contributed by atoms with Crippen LogP contribution in [0.5, 0.6) is 0 Å². The summed E-state index contributed by atoms with van der Waals surface area (Å²) in [4.78, 5) is 4.34. The maximum absolute atomic E-state index is 5.26. The van der Waals surface area contributed by atoms with Gasteiger partial charge >= 0.3 is 0 Å². The number of alkyl halides is 1. The molecule has 1 atom stereocenters. The first-order chi connectivity index (χ1) is 4.86. The fraction of sp³-hybridized carbons (Fsp3) is 0.857. The van der Waals surface area contributed by atoms with Gasteiger partial charge in [0, 0.05) is 11.8 Å². The molecule has 3 heteroatoms. The summed E-state index contributed by atoms with van der Waals surface area (Å²) in [6.07, 6.45) is 2.16. The molecule has 0 saturated carbocycles. The van der Waals surface area contributed by atoms with Crippen LogP contribution in [0.1, 0.15) is 19.8 Å². The van der Waals surface area contributed by atoms with E-state index in [0.29, 0.717) is 6.04 Å². The van der Waals surface area contributed by atoms with E-state index in [2.05, 4.69) is 20.9 Å². The average molecular weight is 206 g/mol. The van der Waals surface area contributed by atoms with Crippen LogP contribution < -0.4 is 0 Å². The Bertz CT molecular complexity index is 136. The van der Waals surface area contributed by atoms with Gasteiger partial charge in [0.25, 0.3) is 0 Å². The predicted molar refractivity (Wildman–Crippen MR) is 45.9 cm³/mol. The average Bonchev–Trinajstić information content (AvgIpc) is 2.37. The van der Waals surface area contributed by atoms with Gasteiger partial charge in [-0.3, -0.25) is 4.99 Å². The van der Waals surface area contributed by atoms with Gasteiger partial charge in [0.15, 0.2) is 5.90 Å². The Morgan fingerprint density at radius 2 is 2.60 bits per heavy atom. The maximum atomic E-state index is 5.26. The zero-order chi connectivity index (χ0) is 7.40. The molecule has 0 aliphatic carbocycles. The molecule has 10 heavy (non-hydrogen) atoms. The van der Waals surface area contributed by atoms with Gasteiger partial charge in [0.1, 0.15) is 0 Å². The first-order valence-electron chi connectivity index (χ1n) is 3.62. The number of rotatable bonds is 2. The number of halogens is 1. The van der Waals surface area contributed by atoms with E-state index in [1.807, 2.05) is 6.92 Å². The van der Waals surface area contributed by atoms with Gasteiger partial charge in [-0.15, -0.1) is 0 Å². The minimum atomic E-state index is 0.460. The van der Waals surface area contributed by atoms with Crippen molar-refractivity contribution < 1.29 is 4.74 Å². The topological polar surface area (TPSA) is 21.6 Å². The minimum absolute atomic E-state index is 0.460. The molecule has 2 nitrogen and oxygen atoms in total. The van der Waals surface area contributed by atoms with Crippen molar-refractivity contribution >= 4 is 21.8 Å². The molecule has 1 heterocycles. The fourth-order valence-electron chi connectivity index (χ4n) is 1.01. The summed E-state index contributed by atoms with van der Waals surface area (Å²) in [6, 6.07) is 0.460. The van der Waals surface area contributed by atoms with Crippen LogP contribution in [0.2, 0.25) is 0 Å². The van der Waals surface area contributed by atoms with Crippen LogP contribution in [0.4, 0.5) is 0 Å². The largest absolute Gasteiger partial charge is 0.481 e. The van der Waals surface area contributed by atoms with E-state index in [1.165, 1.54) is 0 Å². The van der Waals surface area contributed by atoms with E-state index in [0.717, 1.165) is 30.7 Å². The summed E-state index contributed by atoms with van der Waals surface area (Å²) in [6.45, 7) is 2.73. The van der Waals surface area contributed by atoms with Crippen LogP contribution in [0.15, 0.2) is 4.99 Å². The smallest absolute Gasteiger partial charge is 0.183 e. The first kappa shape index (κ1) is 8.05. The summed E-state index contributed by atoms with van der Waals surface area (Å²) < 4.78 is 5.26. The van der Waals surface area contributed by atoms with Crippen LogP contribution in [0, 0.1) is 0 Å². The predicted octanol–water partition coefficient (Wildman–Crippen LogP) is 1.98. The molecule has 58 valence electrons. The third-order valence-corrected chi connectivity index (χ3v) is 2.25. The summed E-state index contributed by atoms with van der Waals surface area (Å²) in [5, 5.41) is 0.962. The number of hydrogen-bond acceptors (Lipinski definition) is 2. The normalized spacial score (nSPS) is 24.6. The van der Waals surface area contributed by atoms with Gasteiger partial charge in [-0.2, -0.15) is 0 Å². The second-order valence-corrected chi connectivity index (χ2v) is 2.95. The van der Waals surface area contributed by atoms with Gasteiger partial charge in [-0.25, -0.2) is 0 Å². The highest BCUT2D eigenvalue weighted by Gasteiger charge is 2.16. The number of nitrogens with zero attached hydrogens (tertiary/aromatic N) is 1. The first-order valence-corrected chi connectivity index (χ1v) is 4.74. The lowest BCUT2D eigenvalue weighted by Gasteiger charge is -1.98. The van der Waals surface area contributed by atoms with Crippen LogP contribution in [-0.2, 0) is 4.74 Å². The highest BCUT2D eigenvalue weighted by molar-refractivity contribution is 9.09. The van der Waals surface area contributed by atoms with E-state index < -0.39 is 0 Å². The van der Waals surface area contributed by atoms with E-state index in [-0.39, 0.29) is 0 Å². The van der Waals surface area contributed by atoms with Crippen molar-refractivity contribution in [3.05, 3.63) is 0 Å². The third-order valence-electron chi connectivity index (χ3n) is 1.51. The lowest BCUT2D eigenvalue weighted by atomic mass is 10.2. The highest BCUT2D eigenvalue weighted by atomic mass is 79.9. The molecule has 0 saturated heterocycles. The van der Waals surface area contributed by atoms with E-state index in [4.69, 9.17) is 4.74 Å². The molecular weight excluding hydrogens is 194 g/mol. The molecule has 1 aliphatic heterocycles. The van der Waals surface area contributed by atoms with Gasteiger partial charge in [-0.1, -0.05) is 15.9 Å². The van der Waals surface area contributed by atoms with Crippen LogP contribution >= 0.6 is 15.9 Å². The van der Waals surface area contributed by atoms with E-state index in [1.54, 1.807) is 0 Å². The van der Waals surface area contributed by atoms with E-state index in [9.17, 15) is 0 Å². The zero-order valence-electron chi connectivity index (χ0n) is 6.14. The van der Waals surface area contributed by atoms with Crippen molar-refractivity contribution in [3.8, 4) is 0 Å². The lowest BCUT2D eigenvalue weighted by Crippen LogP contribution is -2.00. The summed E-state index contributed by atoms with van der Waals surface area (Å²) in [5.41, 5.74) is 0. The molecule has 0 radical (unpaired) electrons. The Morgan fingerprint density at radius 3 is 3.10 bits per heavy atom. The number of ether oxygens (including phenoxy) is 1.